The summed E-state index contributed by atoms with van der Waals surface area (Å²) in [5.41, 5.74) is 2.34. The zero-order valence-electron chi connectivity index (χ0n) is 13.6. The van der Waals surface area contributed by atoms with Gasteiger partial charge in [-0.3, -0.25) is 4.79 Å². The van der Waals surface area contributed by atoms with E-state index in [0.29, 0.717) is 18.8 Å². The van der Waals surface area contributed by atoms with Crippen molar-refractivity contribution < 1.29 is 4.79 Å². The highest BCUT2D eigenvalue weighted by molar-refractivity contribution is 7.16. The molecule has 0 spiro atoms. The lowest BCUT2D eigenvalue weighted by Gasteiger charge is -2.18. The second kappa shape index (κ2) is 7.20. The summed E-state index contributed by atoms with van der Waals surface area (Å²) in [6.07, 6.45) is 0. The third kappa shape index (κ3) is 3.52. The Balaban J connectivity index is 1.83. The Morgan fingerprint density at radius 1 is 1.25 bits per heavy atom. The molecule has 0 radical (unpaired) electrons. The molecule has 0 atom stereocenters. The van der Waals surface area contributed by atoms with E-state index in [9.17, 15) is 4.79 Å². The maximum absolute atomic E-state index is 12.8. The normalized spacial score (nSPS) is 10.8. The molecule has 4 nitrogen and oxygen atoms in total. The molecule has 2 aromatic heterocycles. The molecule has 0 aliphatic rings. The number of aryl methyl sites for hydroxylation is 1. The zero-order valence-corrected chi connectivity index (χ0v) is 15.1. The van der Waals surface area contributed by atoms with Gasteiger partial charge in [0.15, 0.2) is 5.69 Å². The molecule has 0 saturated heterocycles. The molecule has 0 N–H and O–H groups in total. The molecule has 1 amide bonds. The van der Waals surface area contributed by atoms with Gasteiger partial charge in [-0.1, -0.05) is 29.8 Å². The summed E-state index contributed by atoms with van der Waals surface area (Å²) in [6.45, 7) is 5.08. The predicted molar refractivity (Wildman–Crippen MR) is 98.0 cm³/mol. The van der Waals surface area contributed by atoms with E-state index in [-0.39, 0.29) is 5.91 Å². The van der Waals surface area contributed by atoms with E-state index in [1.807, 2.05) is 62.4 Å². The summed E-state index contributed by atoms with van der Waals surface area (Å²) in [4.78, 5) is 15.6. The Bertz CT molecular complexity index is 841. The number of carbonyl (C=O) groups is 1. The minimum Gasteiger partial charge on any atom is -0.332 e. The van der Waals surface area contributed by atoms with Gasteiger partial charge in [0.25, 0.3) is 5.91 Å². The monoisotopic (exact) mass is 359 g/mol. The highest BCUT2D eigenvalue weighted by atomic mass is 35.5. The molecule has 0 saturated carbocycles. The first-order valence-corrected chi connectivity index (χ1v) is 8.93. The fourth-order valence-corrected chi connectivity index (χ4v) is 3.63. The van der Waals surface area contributed by atoms with Gasteiger partial charge >= 0.3 is 0 Å². The van der Waals surface area contributed by atoms with Gasteiger partial charge in [-0.2, -0.15) is 5.10 Å². The lowest BCUT2D eigenvalue weighted by molar-refractivity contribution is 0.0748. The van der Waals surface area contributed by atoms with Crippen LogP contribution in [0.1, 0.15) is 28.0 Å². The van der Waals surface area contributed by atoms with Crippen LogP contribution in [0.4, 0.5) is 0 Å². The molecule has 6 heteroatoms. The van der Waals surface area contributed by atoms with Crippen LogP contribution in [-0.2, 0) is 6.54 Å². The summed E-state index contributed by atoms with van der Waals surface area (Å²) >= 11 is 7.47. The van der Waals surface area contributed by atoms with Gasteiger partial charge in [0.1, 0.15) is 0 Å². The average Bonchev–Trinajstić information content (AvgIpc) is 3.18. The van der Waals surface area contributed by atoms with Crippen LogP contribution in [0.15, 0.2) is 48.5 Å². The number of aromatic nitrogens is 2. The molecule has 0 aliphatic heterocycles. The molecule has 3 rings (SSSR count). The van der Waals surface area contributed by atoms with Crippen molar-refractivity contribution >= 4 is 28.8 Å². The number of nitrogens with zero attached hydrogens (tertiary/aromatic N) is 3. The van der Waals surface area contributed by atoms with Crippen LogP contribution in [0.2, 0.25) is 4.34 Å². The number of rotatable bonds is 5. The summed E-state index contributed by atoms with van der Waals surface area (Å²) in [6, 6.07) is 15.5. The Kier molecular flexibility index (Phi) is 5.02. The third-order valence-corrected chi connectivity index (χ3v) is 4.97. The van der Waals surface area contributed by atoms with Crippen molar-refractivity contribution in [3.8, 4) is 5.69 Å². The van der Waals surface area contributed by atoms with Crippen molar-refractivity contribution in [3.63, 3.8) is 0 Å². The van der Waals surface area contributed by atoms with Gasteiger partial charge in [0.05, 0.1) is 16.6 Å². The van der Waals surface area contributed by atoms with Crippen LogP contribution in [0.5, 0.6) is 0 Å². The average molecular weight is 360 g/mol. The largest absolute Gasteiger partial charge is 0.332 e. The van der Waals surface area contributed by atoms with Gasteiger partial charge < -0.3 is 4.90 Å². The second-order valence-electron chi connectivity index (χ2n) is 5.44. The maximum atomic E-state index is 12.8. The first-order valence-electron chi connectivity index (χ1n) is 7.74. The first kappa shape index (κ1) is 16.7. The SMILES string of the molecule is CCN(Cc1ccc(Cl)s1)C(=O)c1cc(C)n(-c2ccccc2)n1. The van der Waals surface area contributed by atoms with Gasteiger partial charge in [0.2, 0.25) is 0 Å². The van der Waals surface area contributed by atoms with Crippen LogP contribution in [0, 0.1) is 6.92 Å². The Labute approximate surface area is 150 Å². The van der Waals surface area contributed by atoms with Crippen LogP contribution in [-0.4, -0.2) is 27.1 Å². The molecule has 0 fully saturated rings. The van der Waals surface area contributed by atoms with E-state index in [1.165, 1.54) is 11.3 Å². The highest BCUT2D eigenvalue weighted by Gasteiger charge is 2.19. The van der Waals surface area contributed by atoms with E-state index in [1.54, 1.807) is 9.58 Å². The predicted octanol–water partition coefficient (Wildman–Crippen LogP) is 4.56. The van der Waals surface area contributed by atoms with Gasteiger partial charge in [-0.25, -0.2) is 4.68 Å². The zero-order chi connectivity index (χ0) is 17.1. The highest BCUT2D eigenvalue weighted by Crippen LogP contribution is 2.23. The van der Waals surface area contributed by atoms with Crippen molar-refractivity contribution in [2.24, 2.45) is 0 Å². The molecule has 24 heavy (non-hydrogen) atoms. The molecule has 0 bridgehead atoms. The molecule has 0 aliphatic carbocycles. The van der Waals surface area contributed by atoms with Crippen LogP contribution in [0.3, 0.4) is 0 Å². The summed E-state index contributed by atoms with van der Waals surface area (Å²) in [5, 5.41) is 4.50. The summed E-state index contributed by atoms with van der Waals surface area (Å²) in [5.74, 6) is -0.0696. The van der Waals surface area contributed by atoms with Crippen molar-refractivity contribution in [1.29, 1.82) is 0 Å². The smallest absolute Gasteiger partial charge is 0.274 e. The van der Waals surface area contributed by atoms with Gasteiger partial charge in [0, 0.05) is 17.1 Å². The number of thiophene rings is 1. The lowest BCUT2D eigenvalue weighted by Crippen LogP contribution is -2.30. The van der Waals surface area contributed by atoms with E-state index in [0.717, 1.165) is 20.6 Å². The summed E-state index contributed by atoms with van der Waals surface area (Å²) in [7, 11) is 0. The molecule has 124 valence electrons. The number of hydrogen-bond acceptors (Lipinski definition) is 3. The molecule has 3 aromatic rings. The van der Waals surface area contributed by atoms with Crippen molar-refractivity contribution in [2.45, 2.75) is 20.4 Å². The van der Waals surface area contributed by atoms with E-state index in [4.69, 9.17) is 11.6 Å². The lowest BCUT2D eigenvalue weighted by atomic mass is 10.3. The van der Waals surface area contributed by atoms with Crippen molar-refractivity contribution in [3.05, 3.63) is 69.1 Å². The Morgan fingerprint density at radius 3 is 2.62 bits per heavy atom. The quantitative estimate of drug-likeness (QED) is 0.669. The minimum absolute atomic E-state index is 0.0696. The first-order chi connectivity index (χ1) is 11.6. The fourth-order valence-electron chi connectivity index (χ4n) is 2.52. The van der Waals surface area contributed by atoms with E-state index < -0.39 is 0 Å². The van der Waals surface area contributed by atoms with Crippen LogP contribution < -0.4 is 0 Å². The molecule has 1 aromatic carbocycles. The van der Waals surface area contributed by atoms with Crippen LogP contribution in [0.25, 0.3) is 5.69 Å². The molecule has 2 heterocycles. The minimum atomic E-state index is -0.0696. The number of carbonyl (C=O) groups excluding carboxylic acids is 1. The van der Waals surface area contributed by atoms with E-state index >= 15 is 0 Å². The Morgan fingerprint density at radius 2 is 2.00 bits per heavy atom. The maximum Gasteiger partial charge on any atom is 0.274 e. The summed E-state index contributed by atoms with van der Waals surface area (Å²) < 4.78 is 2.53. The van der Waals surface area contributed by atoms with Crippen molar-refractivity contribution in [2.75, 3.05) is 6.54 Å². The van der Waals surface area contributed by atoms with Crippen molar-refractivity contribution in [1.82, 2.24) is 14.7 Å². The number of hydrogen-bond donors (Lipinski definition) is 0. The topological polar surface area (TPSA) is 38.1 Å². The van der Waals surface area contributed by atoms with Crippen LogP contribution >= 0.6 is 22.9 Å². The number of benzene rings is 1. The van der Waals surface area contributed by atoms with E-state index in [2.05, 4.69) is 5.10 Å². The molecule has 0 unspecified atom stereocenters. The fraction of sp³-hybridized carbons (Fsp3) is 0.222. The Hall–Kier alpha value is -2.11. The third-order valence-electron chi connectivity index (χ3n) is 3.75. The number of halogens is 1. The van der Waals surface area contributed by atoms with Gasteiger partial charge in [-0.15, -0.1) is 11.3 Å². The second-order valence-corrected chi connectivity index (χ2v) is 7.24. The molecular weight excluding hydrogens is 342 g/mol. The van der Waals surface area contributed by atoms with Gasteiger partial charge in [-0.05, 0) is 44.2 Å². The number of amides is 1. The molecular formula is C18H18ClN3OS. The standard InChI is InChI=1S/C18H18ClN3OS/c1-3-21(12-15-9-10-17(19)24-15)18(23)16-11-13(2)22(20-16)14-7-5-4-6-8-14/h4-11H,3,12H2,1-2H3. The number of para-hydroxylation sites is 1.